The van der Waals surface area contributed by atoms with E-state index >= 15 is 0 Å². The van der Waals surface area contributed by atoms with Gasteiger partial charge in [-0.15, -0.1) is 23.2 Å². The smallest absolute Gasteiger partial charge is 0.114 e. The lowest BCUT2D eigenvalue weighted by Crippen LogP contribution is -2.29. The highest BCUT2D eigenvalue weighted by Gasteiger charge is 2.56. The molecule has 2 unspecified atom stereocenters. The third-order valence-corrected chi connectivity index (χ3v) is 16.1. The molecular formula is C39H53Cl2N2OP. The molecule has 3 saturated carbocycles. The van der Waals surface area contributed by atoms with Gasteiger partial charge in [0, 0.05) is 36.5 Å². The van der Waals surface area contributed by atoms with Gasteiger partial charge in [-0.1, -0.05) is 69.0 Å². The first-order valence-electron chi connectivity index (χ1n) is 17.4. The molecule has 1 aliphatic heterocycles. The van der Waals surface area contributed by atoms with Crippen LogP contribution in [0.1, 0.15) is 98.1 Å². The number of anilines is 2. The van der Waals surface area contributed by atoms with Crippen molar-refractivity contribution in [1.29, 1.82) is 0 Å². The summed E-state index contributed by atoms with van der Waals surface area (Å²) in [6.45, 7) is 18.0. The highest BCUT2D eigenvalue weighted by atomic mass is 35.5. The molecule has 6 rings (SSSR count). The summed E-state index contributed by atoms with van der Waals surface area (Å²) in [7, 11) is -0.479. The lowest BCUT2D eigenvalue weighted by atomic mass is 10.0. The van der Waals surface area contributed by atoms with Crippen molar-refractivity contribution in [2.75, 3.05) is 29.5 Å². The Hall–Kier alpha value is -1.67. The van der Waals surface area contributed by atoms with Crippen molar-refractivity contribution in [1.82, 2.24) is 0 Å². The predicted octanol–water partition coefficient (Wildman–Crippen LogP) is 11.3. The van der Waals surface area contributed by atoms with Crippen molar-refractivity contribution < 1.29 is 4.74 Å². The molecule has 2 aromatic rings. The maximum Gasteiger partial charge on any atom is 0.114 e. The van der Waals surface area contributed by atoms with E-state index in [-0.39, 0.29) is 5.38 Å². The molecule has 3 aliphatic carbocycles. The summed E-state index contributed by atoms with van der Waals surface area (Å²) in [5.74, 6) is 1.25. The van der Waals surface area contributed by atoms with Gasteiger partial charge < -0.3 is 14.5 Å². The summed E-state index contributed by atoms with van der Waals surface area (Å²) in [5.41, 5.74) is 14.3. The maximum absolute atomic E-state index is 8.25. The average Bonchev–Trinajstić information content (AvgIpc) is 3.77. The van der Waals surface area contributed by atoms with Crippen LogP contribution in [-0.2, 0) is 4.74 Å². The Bertz CT molecular complexity index is 1360. The molecule has 0 bridgehead atoms. The van der Waals surface area contributed by atoms with E-state index in [1.165, 1.54) is 108 Å². The Kier molecular flexibility index (Phi) is 9.93. The number of aryl methyl sites for hydroxylation is 6. The number of halogens is 2. The second-order valence-electron chi connectivity index (χ2n) is 14.3. The van der Waals surface area contributed by atoms with E-state index in [0.29, 0.717) is 6.61 Å². The van der Waals surface area contributed by atoms with Gasteiger partial charge in [-0.2, -0.15) is 0 Å². The van der Waals surface area contributed by atoms with Gasteiger partial charge in [0.15, 0.2) is 0 Å². The lowest BCUT2D eigenvalue weighted by Gasteiger charge is -2.42. The Labute approximate surface area is 284 Å². The molecule has 6 heteroatoms. The van der Waals surface area contributed by atoms with Gasteiger partial charge in [-0.25, -0.2) is 0 Å². The summed E-state index contributed by atoms with van der Waals surface area (Å²) in [4.78, 5) is 5.17. The van der Waals surface area contributed by atoms with E-state index in [9.17, 15) is 0 Å². The maximum atomic E-state index is 8.25. The molecule has 4 fully saturated rings. The third kappa shape index (κ3) is 6.09. The number of ether oxygens (including phenoxy) is 1. The van der Waals surface area contributed by atoms with Gasteiger partial charge in [-0.3, -0.25) is 0 Å². The fourth-order valence-corrected chi connectivity index (χ4v) is 15.5. The molecular weight excluding hydrogens is 614 g/mol. The van der Waals surface area contributed by atoms with Gasteiger partial charge >= 0.3 is 0 Å². The van der Waals surface area contributed by atoms with Crippen LogP contribution in [0.3, 0.4) is 0 Å². The van der Waals surface area contributed by atoms with Crippen LogP contribution in [0, 0.1) is 41.5 Å². The van der Waals surface area contributed by atoms with Crippen LogP contribution >= 0.6 is 31.1 Å². The van der Waals surface area contributed by atoms with Gasteiger partial charge in [0.1, 0.15) is 5.82 Å². The number of nitrogens with zero attached hydrogens (tertiary/aromatic N) is 2. The fraction of sp³-hybridized carbons (Fsp3) is 0.590. The topological polar surface area (TPSA) is 15.7 Å². The number of hydrogen-bond donors (Lipinski definition) is 0. The molecule has 45 heavy (non-hydrogen) atoms. The average molecular weight is 668 g/mol. The van der Waals surface area contributed by atoms with E-state index in [2.05, 4.69) is 82.5 Å². The fourth-order valence-electron chi connectivity index (χ4n) is 9.36. The zero-order chi connectivity index (χ0) is 32.0. The molecule has 0 N–H and O–H groups in total. The van der Waals surface area contributed by atoms with Crippen molar-refractivity contribution in [3.63, 3.8) is 0 Å². The van der Waals surface area contributed by atoms with Crippen molar-refractivity contribution in [3.05, 3.63) is 80.9 Å². The quantitative estimate of drug-likeness (QED) is 0.166. The zero-order valence-electron chi connectivity index (χ0n) is 28.6. The largest absolute Gasteiger partial charge is 0.501 e. The molecule has 2 atom stereocenters. The van der Waals surface area contributed by atoms with Crippen LogP contribution in [-0.4, -0.2) is 41.0 Å². The Morgan fingerprint density at radius 2 is 1.20 bits per heavy atom. The molecule has 0 aromatic heterocycles. The first-order chi connectivity index (χ1) is 21.5. The minimum atomic E-state index is -0.479. The number of benzene rings is 2. The molecule has 1 saturated heterocycles. The highest BCUT2D eigenvalue weighted by Crippen LogP contribution is 2.73. The molecule has 0 radical (unpaired) electrons. The second kappa shape index (κ2) is 13.4. The van der Waals surface area contributed by atoms with Crippen molar-refractivity contribution in [2.24, 2.45) is 0 Å². The van der Waals surface area contributed by atoms with Gasteiger partial charge in [0.2, 0.25) is 0 Å². The monoisotopic (exact) mass is 666 g/mol. The summed E-state index contributed by atoms with van der Waals surface area (Å²) in [6, 6.07) is 9.31. The standard InChI is InChI=1S/C39H53Cl2N2OP/c1-8-44-24-34-35(40)33(23-39(34,41)45(31-13-9-10-14-31)32-15-11-12-16-32)38-42(36-27(4)19-25(2)20-28(36)5)17-18-43(38)37-29(6)21-26(3)22-30(37)7/h19-22,24,31-32,35H,8-18,23H2,1-7H3. The highest BCUT2D eigenvalue weighted by molar-refractivity contribution is 7.63. The van der Waals surface area contributed by atoms with Gasteiger partial charge in [0.25, 0.3) is 0 Å². The molecule has 244 valence electrons. The molecule has 2 aromatic carbocycles. The van der Waals surface area contributed by atoms with E-state index in [1.807, 2.05) is 6.26 Å². The van der Waals surface area contributed by atoms with Crippen LogP contribution in [0.4, 0.5) is 11.4 Å². The summed E-state index contributed by atoms with van der Waals surface area (Å²) in [6.07, 6.45) is 13.4. The lowest BCUT2D eigenvalue weighted by molar-refractivity contribution is 0.265. The van der Waals surface area contributed by atoms with Crippen molar-refractivity contribution in [3.8, 4) is 0 Å². The minimum Gasteiger partial charge on any atom is -0.501 e. The Morgan fingerprint density at radius 3 is 1.60 bits per heavy atom. The number of allylic oxidation sites excluding steroid dienone is 2. The molecule has 4 aliphatic rings. The van der Waals surface area contributed by atoms with E-state index in [1.54, 1.807) is 0 Å². The summed E-state index contributed by atoms with van der Waals surface area (Å²) >= 11 is 16.0. The second-order valence-corrected chi connectivity index (χ2v) is 18.6. The Balaban J connectivity index is 1.57. The van der Waals surface area contributed by atoms with Crippen LogP contribution in [0.5, 0.6) is 0 Å². The van der Waals surface area contributed by atoms with Crippen LogP contribution in [0.25, 0.3) is 0 Å². The van der Waals surface area contributed by atoms with Crippen LogP contribution in [0.2, 0.25) is 0 Å². The number of hydrogen-bond acceptors (Lipinski definition) is 3. The summed E-state index contributed by atoms with van der Waals surface area (Å²) in [5, 5.41) is -0.294. The summed E-state index contributed by atoms with van der Waals surface area (Å²) < 4.78 is 5.65. The first-order valence-corrected chi connectivity index (χ1v) is 19.7. The van der Waals surface area contributed by atoms with E-state index in [0.717, 1.165) is 36.4 Å². The molecule has 3 nitrogen and oxygen atoms in total. The molecule has 1 heterocycles. The van der Waals surface area contributed by atoms with Crippen LogP contribution < -0.4 is 9.80 Å². The van der Waals surface area contributed by atoms with Crippen LogP contribution in [0.15, 0.2) is 47.5 Å². The van der Waals surface area contributed by atoms with E-state index < -0.39 is 12.5 Å². The predicted molar refractivity (Wildman–Crippen MR) is 197 cm³/mol. The van der Waals surface area contributed by atoms with Crippen molar-refractivity contribution >= 4 is 42.5 Å². The van der Waals surface area contributed by atoms with Gasteiger partial charge in [-0.05, 0) is 113 Å². The molecule has 0 amide bonds. The zero-order valence-corrected chi connectivity index (χ0v) is 31.0. The minimum absolute atomic E-state index is 0.294. The SMILES string of the molecule is CCOC=C1C(Cl)C(=C2N(c3c(C)cc(C)cc3C)CCN2c2c(C)cc(C)cc2C)CC1(Cl)P(C1CCCC1)C1CCCC1. The van der Waals surface area contributed by atoms with Crippen molar-refractivity contribution in [2.45, 2.75) is 128 Å². The third-order valence-electron chi connectivity index (χ3n) is 10.8. The Morgan fingerprint density at radius 1 is 0.778 bits per heavy atom. The normalized spacial score (nSPS) is 25.6. The van der Waals surface area contributed by atoms with E-state index in [4.69, 9.17) is 27.9 Å². The van der Waals surface area contributed by atoms with Gasteiger partial charge in [0.05, 0.1) is 22.9 Å². The number of alkyl halides is 2. The first kappa shape index (κ1) is 33.2. The number of rotatable bonds is 7. The molecule has 0 spiro atoms.